The van der Waals surface area contributed by atoms with Crippen LogP contribution in [0.1, 0.15) is 194 Å². The summed E-state index contributed by atoms with van der Waals surface area (Å²) in [5.41, 5.74) is 0. The van der Waals surface area contributed by atoms with Crippen LogP contribution in [0.3, 0.4) is 0 Å². The van der Waals surface area contributed by atoms with Gasteiger partial charge in [0.1, 0.15) is 55.4 Å². The highest BCUT2D eigenvalue weighted by Crippen LogP contribution is 2.26. The number of esters is 2. The van der Waals surface area contributed by atoms with Crippen molar-refractivity contribution in [2.75, 3.05) is 26.4 Å². The van der Waals surface area contributed by atoms with Crippen molar-refractivity contribution in [1.29, 1.82) is 0 Å². The molecule has 4 unspecified atom stereocenters. The fourth-order valence-corrected chi connectivity index (χ4v) is 8.28. The van der Waals surface area contributed by atoms with Crippen molar-refractivity contribution in [2.24, 2.45) is 0 Å². The largest absolute Gasteiger partial charge is 0.462 e. The van der Waals surface area contributed by atoms with E-state index < -0.39 is 99.3 Å². The van der Waals surface area contributed by atoms with E-state index in [4.69, 9.17) is 28.4 Å². The van der Waals surface area contributed by atoms with Gasteiger partial charge in [-0.2, -0.15) is 0 Å². The molecule has 2 saturated heterocycles. The molecule has 0 amide bonds. The monoisotopic (exact) mass is 997 g/mol. The van der Waals surface area contributed by atoms with E-state index in [1.807, 2.05) is 0 Å². The van der Waals surface area contributed by atoms with Gasteiger partial charge in [0.25, 0.3) is 0 Å². The molecule has 2 fully saturated rings. The molecule has 0 spiro atoms. The van der Waals surface area contributed by atoms with Gasteiger partial charge >= 0.3 is 11.9 Å². The lowest BCUT2D eigenvalue weighted by Gasteiger charge is -2.42. The smallest absolute Gasteiger partial charge is 0.306 e. The summed E-state index contributed by atoms with van der Waals surface area (Å²) in [6.45, 7) is 2.53. The van der Waals surface area contributed by atoms with Crippen LogP contribution in [0.4, 0.5) is 0 Å². The van der Waals surface area contributed by atoms with E-state index in [0.29, 0.717) is 12.8 Å². The Morgan fingerprint density at radius 1 is 0.457 bits per heavy atom. The summed E-state index contributed by atoms with van der Waals surface area (Å²) >= 11 is 0. The van der Waals surface area contributed by atoms with Crippen LogP contribution in [0, 0.1) is 0 Å². The van der Waals surface area contributed by atoms with E-state index in [1.165, 1.54) is 89.9 Å². The van der Waals surface area contributed by atoms with Gasteiger partial charge in [-0.05, 0) is 77.0 Å². The molecule has 0 aliphatic carbocycles. The molecule has 0 aromatic carbocycles. The summed E-state index contributed by atoms with van der Waals surface area (Å²) in [6, 6.07) is 0. The lowest BCUT2D eigenvalue weighted by Crippen LogP contribution is -2.61. The van der Waals surface area contributed by atoms with Gasteiger partial charge in [-0.3, -0.25) is 9.59 Å². The van der Waals surface area contributed by atoms with Crippen LogP contribution < -0.4 is 0 Å². The predicted molar refractivity (Wildman–Crippen MR) is 270 cm³/mol. The molecule has 0 aromatic rings. The van der Waals surface area contributed by atoms with E-state index in [-0.39, 0.29) is 19.4 Å². The molecule has 0 radical (unpaired) electrons. The topological polar surface area (TPSA) is 231 Å². The molecule has 2 aliphatic heterocycles. The summed E-state index contributed by atoms with van der Waals surface area (Å²) < 4.78 is 33.6. The molecule has 0 saturated carbocycles. The standard InChI is InChI=1S/C55H96O15/c1-3-5-7-9-11-13-15-17-19-20-21-22-24-26-28-30-32-34-36-38-47(58)68-43(40-65-46(57)37-35-33-31-29-27-25-23-18-16-14-12-10-8-6-4-2)41-66-54-53(64)51(62)49(60)45(70-54)42-67-55-52(63)50(61)48(59)44(39-56)69-55/h11,13,17-19,23,27,29,43-45,48-56,59-64H,3-10,12,14-16,20-22,24-26,28,30-42H2,1-2H3/b13-11+,19-17+,23-18+,29-27+/t43-,44+,45+,48-,49-,50?,51?,52?,53?,54+,55+/m1/s1. The van der Waals surface area contributed by atoms with Crippen LogP contribution in [-0.2, 0) is 38.0 Å². The molecule has 406 valence electrons. The maximum atomic E-state index is 13.0. The van der Waals surface area contributed by atoms with Crippen molar-refractivity contribution in [3.05, 3.63) is 48.6 Å². The molecule has 15 nitrogen and oxygen atoms in total. The summed E-state index contributed by atoms with van der Waals surface area (Å²) in [5, 5.41) is 72.2. The number of unbranched alkanes of at least 4 members (excludes halogenated alkanes) is 20. The van der Waals surface area contributed by atoms with Crippen LogP contribution in [0.5, 0.6) is 0 Å². The summed E-state index contributed by atoms with van der Waals surface area (Å²) in [6.07, 6.45) is 29.9. The van der Waals surface area contributed by atoms with Gasteiger partial charge in [-0.25, -0.2) is 0 Å². The highest BCUT2D eigenvalue weighted by Gasteiger charge is 2.47. The maximum absolute atomic E-state index is 13.0. The number of aliphatic hydroxyl groups excluding tert-OH is 7. The van der Waals surface area contributed by atoms with Crippen LogP contribution in [-0.4, -0.2) is 142 Å². The van der Waals surface area contributed by atoms with E-state index >= 15 is 0 Å². The number of allylic oxidation sites excluding steroid dienone is 8. The zero-order valence-corrected chi connectivity index (χ0v) is 43.0. The molecule has 0 bridgehead atoms. The fourth-order valence-electron chi connectivity index (χ4n) is 8.28. The number of hydrogen-bond acceptors (Lipinski definition) is 15. The van der Waals surface area contributed by atoms with Gasteiger partial charge < -0.3 is 64.2 Å². The minimum Gasteiger partial charge on any atom is -0.462 e. The van der Waals surface area contributed by atoms with Gasteiger partial charge in [0.2, 0.25) is 0 Å². The fraction of sp³-hybridized carbons (Fsp3) is 0.818. The second kappa shape index (κ2) is 41.9. The molecule has 7 N–H and O–H groups in total. The normalized spacial score (nSPS) is 25.7. The third kappa shape index (κ3) is 29.2. The predicted octanol–water partition coefficient (Wildman–Crippen LogP) is 8.27. The quantitative estimate of drug-likeness (QED) is 0.0173. The van der Waals surface area contributed by atoms with Gasteiger partial charge in [0, 0.05) is 12.8 Å². The molecule has 2 heterocycles. The number of aliphatic hydroxyl groups is 7. The van der Waals surface area contributed by atoms with E-state index in [1.54, 1.807) is 0 Å². The molecule has 2 rings (SSSR count). The molecular weight excluding hydrogens is 901 g/mol. The first-order valence-corrected chi connectivity index (χ1v) is 27.2. The number of carbonyl (C=O) groups excluding carboxylic acids is 2. The van der Waals surface area contributed by atoms with E-state index in [9.17, 15) is 45.3 Å². The Bertz CT molecular complexity index is 1400. The number of ether oxygens (including phenoxy) is 6. The van der Waals surface area contributed by atoms with Gasteiger partial charge in [-0.15, -0.1) is 0 Å². The Kier molecular flexibility index (Phi) is 38.0. The first-order valence-electron chi connectivity index (χ1n) is 27.2. The van der Waals surface area contributed by atoms with E-state index in [2.05, 4.69) is 62.5 Å². The van der Waals surface area contributed by atoms with Crippen molar-refractivity contribution in [2.45, 2.75) is 261 Å². The average Bonchev–Trinajstić information content (AvgIpc) is 3.35. The van der Waals surface area contributed by atoms with Crippen molar-refractivity contribution in [1.82, 2.24) is 0 Å². The van der Waals surface area contributed by atoms with Crippen molar-refractivity contribution >= 4 is 11.9 Å². The summed E-state index contributed by atoms with van der Waals surface area (Å²) in [5.74, 6) is -0.967. The van der Waals surface area contributed by atoms with Gasteiger partial charge in [0.15, 0.2) is 18.7 Å². The van der Waals surface area contributed by atoms with Crippen molar-refractivity contribution in [3.63, 3.8) is 0 Å². The molecule has 70 heavy (non-hydrogen) atoms. The van der Waals surface area contributed by atoms with Crippen LogP contribution in [0.2, 0.25) is 0 Å². The van der Waals surface area contributed by atoms with Crippen molar-refractivity contribution in [3.8, 4) is 0 Å². The molecule has 0 aromatic heterocycles. The highest BCUT2D eigenvalue weighted by molar-refractivity contribution is 5.70. The zero-order valence-electron chi connectivity index (χ0n) is 43.0. The Morgan fingerprint density at radius 3 is 1.39 bits per heavy atom. The maximum Gasteiger partial charge on any atom is 0.306 e. The zero-order chi connectivity index (χ0) is 51.0. The number of hydrogen-bond donors (Lipinski definition) is 7. The molecule has 11 atom stereocenters. The average molecular weight is 997 g/mol. The molecular formula is C55H96O15. The minimum absolute atomic E-state index is 0.153. The first-order chi connectivity index (χ1) is 34.0. The lowest BCUT2D eigenvalue weighted by atomic mass is 9.98. The Balaban J connectivity index is 1.80. The Hall–Kier alpha value is -2.54. The van der Waals surface area contributed by atoms with Gasteiger partial charge in [-0.1, -0.05) is 152 Å². The number of carbonyl (C=O) groups is 2. The van der Waals surface area contributed by atoms with Crippen LogP contribution >= 0.6 is 0 Å². The Labute approximate surface area is 420 Å². The van der Waals surface area contributed by atoms with Gasteiger partial charge in [0.05, 0.1) is 19.8 Å². The highest BCUT2D eigenvalue weighted by atomic mass is 16.7. The van der Waals surface area contributed by atoms with Crippen LogP contribution in [0.15, 0.2) is 48.6 Å². The third-order valence-corrected chi connectivity index (χ3v) is 12.8. The molecule has 15 heteroatoms. The van der Waals surface area contributed by atoms with E-state index in [0.717, 1.165) is 64.2 Å². The Morgan fingerprint density at radius 2 is 0.857 bits per heavy atom. The summed E-state index contributed by atoms with van der Waals surface area (Å²) in [4.78, 5) is 25.8. The SMILES string of the molecule is CCCCC/C=C/C/C=C/CCCCCCCCCCCC(=O)O[C@H](COC(=O)CCCC/C=C/C/C=C/CCCCCCCC)CO[C@H]1O[C@@H](CO[C@H]2O[C@@H](CO)[C@@H](O)C(O)C2O)[C@@H](O)C(O)C1O. The van der Waals surface area contributed by atoms with Crippen molar-refractivity contribution < 1.29 is 73.8 Å². The minimum atomic E-state index is -1.77. The second-order valence-electron chi connectivity index (χ2n) is 19.0. The first kappa shape index (κ1) is 63.6. The van der Waals surface area contributed by atoms with Crippen LogP contribution in [0.25, 0.3) is 0 Å². The lowest BCUT2D eigenvalue weighted by molar-refractivity contribution is -0.332. The second-order valence-corrected chi connectivity index (χ2v) is 19.0. The molecule has 2 aliphatic rings. The third-order valence-electron chi connectivity index (χ3n) is 12.8. The summed E-state index contributed by atoms with van der Waals surface area (Å²) in [7, 11) is 0. The number of rotatable bonds is 42.